The first-order valence-electron chi connectivity index (χ1n) is 9.95. The largest absolute Gasteiger partial charge is 0.419 e. The fraction of sp³-hybridized carbons (Fsp3) is 0.450. The maximum Gasteiger partial charge on any atom is 0.419 e. The van der Waals surface area contributed by atoms with Gasteiger partial charge in [-0.3, -0.25) is 9.58 Å². The van der Waals surface area contributed by atoms with Gasteiger partial charge in [-0.1, -0.05) is 6.92 Å². The minimum atomic E-state index is -4.55. The predicted octanol–water partition coefficient (Wildman–Crippen LogP) is 3.38. The number of fused-ring (bicyclic) bond motifs is 2. The Balaban J connectivity index is 1.41. The molecular weight excluding hydrogens is 395 g/mol. The van der Waals surface area contributed by atoms with Crippen LogP contribution in [0.15, 0.2) is 30.7 Å². The van der Waals surface area contributed by atoms with E-state index in [0.29, 0.717) is 11.3 Å². The number of halogens is 3. The summed E-state index contributed by atoms with van der Waals surface area (Å²) in [5.41, 5.74) is 6.39. The van der Waals surface area contributed by atoms with Gasteiger partial charge in [0.25, 0.3) is 0 Å². The monoisotopic (exact) mass is 417 g/mol. The van der Waals surface area contributed by atoms with Crippen molar-refractivity contribution >= 4 is 5.82 Å². The number of imidazole rings is 1. The molecule has 1 unspecified atom stereocenters. The van der Waals surface area contributed by atoms with E-state index in [4.69, 9.17) is 5.73 Å². The van der Waals surface area contributed by atoms with Gasteiger partial charge in [-0.15, -0.1) is 0 Å². The van der Waals surface area contributed by atoms with Crippen LogP contribution >= 0.6 is 0 Å². The van der Waals surface area contributed by atoms with Gasteiger partial charge in [0.1, 0.15) is 11.6 Å². The Hall–Kier alpha value is -2.88. The molecule has 30 heavy (non-hydrogen) atoms. The van der Waals surface area contributed by atoms with Crippen molar-refractivity contribution in [1.29, 1.82) is 0 Å². The summed E-state index contributed by atoms with van der Waals surface area (Å²) in [5.74, 6) is 0.444. The zero-order valence-electron chi connectivity index (χ0n) is 16.4. The number of nitrogens with zero attached hydrogens (tertiary/aromatic N) is 5. The highest BCUT2D eigenvalue weighted by Crippen LogP contribution is 2.47. The van der Waals surface area contributed by atoms with Crippen LogP contribution in [0.3, 0.4) is 0 Å². The molecule has 2 aliphatic heterocycles. The zero-order valence-corrected chi connectivity index (χ0v) is 16.4. The van der Waals surface area contributed by atoms with Crippen LogP contribution in [0, 0.1) is 0 Å². The summed E-state index contributed by atoms with van der Waals surface area (Å²) < 4.78 is 41.5. The van der Waals surface area contributed by atoms with Gasteiger partial charge in [0, 0.05) is 54.9 Å². The van der Waals surface area contributed by atoms with Crippen molar-refractivity contribution in [1.82, 2.24) is 29.6 Å². The van der Waals surface area contributed by atoms with E-state index < -0.39 is 17.6 Å². The van der Waals surface area contributed by atoms with Gasteiger partial charge in [0.2, 0.25) is 0 Å². The highest BCUT2D eigenvalue weighted by Gasteiger charge is 2.51. The summed E-state index contributed by atoms with van der Waals surface area (Å²) in [7, 11) is 0. The van der Waals surface area contributed by atoms with Crippen molar-refractivity contribution in [3.63, 3.8) is 0 Å². The normalized spacial score (nSPS) is 19.1. The maximum absolute atomic E-state index is 13.2. The first-order valence-corrected chi connectivity index (χ1v) is 9.95. The summed E-state index contributed by atoms with van der Waals surface area (Å²) in [6.07, 6.45) is 2.33. The molecule has 2 aliphatic rings. The van der Waals surface area contributed by atoms with Crippen molar-refractivity contribution in [3.8, 4) is 11.3 Å². The molecule has 10 heteroatoms. The molecule has 0 radical (unpaired) electrons. The number of aromatic nitrogens is 5. The molecule has 3 N–H and O–H groups in total. The highest BCUT2D eigenvalue weighted by atomic mass is 19.4. The Kier molecular flexibility index (Phi) is 4.18. The molecule has 3 aromatic rings. The fourth-order valence-corrected chi connectivity index (χ4v) is 4.80. The van der Waals surface area contributed by atoms with Gasteiger partial charge in [0.15, 0.2) is 0 Å². The predicted molar refractivity (Wildman–Crippen MR) is 104 cm³/mol. The van der Waals surface area contributed by atoms with E-state index >= 15 is 0 Å². The van der Waals surface area contributed by atoms with Crippen LogP contribution in [-0.4, -0.2) is 42.7 Å². The standard InChI is InChI=1S/C20H22F3N7/c1-2-15(18-25-4-5-26-18)29-10-19(11-29)3-6-30-16(19)8-14(28-30)12-7-13(20(21,22)23)17(24)27-9-12/h4-5,7-9,15H,2-3,6,10-11H2,1H3,(H2,24,27)(H,25,26). The number of alkyl halides is 3. The van der Waals surface area contributed by atoms with Gasteiger partial charge >= 0.3 is 6.18 Å². The van der Waals surface area contributed by atoms with E-state index in [1.54, 1.807) is 6.20 Å². The minimum absolute atomic E-state index is 0.0145. The van der Waals surface area contributed by atoms with Gasteiger partial charge < -0.3 is 10.7 Å². The van der Waals surface area contributed by atoms with Gasteiger partial charge in [-0.05, 0) is 25.0 Å². The van der Waals surface area contributed by atoms with Gasteiger partial charge in [0.05, 0.1) is 17.3 Å². The summed E-state index contributed by atoms with van der Waals surface area (Å²) in [5, 5.41) is 4.56. The third-order valence-electron chi connectivity index (χ3n) is 6.32. The Morgan fingerprint density at radius 1 is 1.27 bits per heavy atom. The number of aromatic amines is 1. The molecule has 158 valence electrons. The molecule has 3 aromatic heterocycles. The first-order chi connectivity index (χ1) is 14.3. The average Bonchev–Trinajstić information content (AvgIpc) is 3.38. The molecule has 1 saturated heterocycles. The molecule has 5 rings (SSSR count). The van der Waals surface area contributed by atoms with Crippen LogP contribution in [-0.2, 0) is 18.1 Å². The van der Waals surface area contributed by atoms with E-state index in [1.165, 1.54) is 6.20 Å². The highest BCUT2D eigenvalue weighted by molar-refractivity contribution is 5.63. The van der Waals surface area contributed by atoms with Crippen LogP contribution in [0.2, 0.25) is 0 Å². The minimum Gasteiger partial charge on any atom is -0.383 e. The molecule has 5 heterocycles. The van der Waals surface area contributed by atoms with E-state index in [0.717, 1.165) is 50.1 Å². The Bertz CT molecular complexity index is 1060. The summed E-state index contributed by atoms with van der Waals surface area (Å²) in [4.78, 5) is 13.7. The van der Waals surface area contributed by atoms with Crippen molar-refractivity contribution in [2.45, 2.75) is 43.9 Å². The third kappa shape index (κ3) is 2.89. The average molecular weight is 417 g/mol. The molecule has 0 bridgehead atoms. The number of nitrogen functional groups attached to an aromatic ring is 1. The van der Waals surface area contributed by atoms with Crippen molar-refractivity contribution in [2.75, 3.05) is 18.8 Å². The van der Waals surface area contributed by atoms with Gasteiger partial charge in [-0.25, -0.2) is 9.97 Å². The molecule has 0 amide bonds. The number of likely N-dealkylation sites (tertiary alicyclic amines) is 1. The fourth-order valence-electron chi connectivity index (χ4n) is 4.80. The van der Waals surface area contributed by atoms with Crippen molar-refractivity contribution in [2.24, 2.45) is 0 Å². The summed E-state index contributed by atoms with van der Waals surface area (Å²) in [6.45, 7) is 4.66. The maximum atomic E-state index is 13.2. The smallest absolute Gasteiger partial charge is 0.383 e. The first kappa shape index (κ1) is 19.1. The number of pyridine rings is 1. The number of hydrogen-bond acceptors (Lipinski definition) is 5. The molecule has 0 saturated carbocycles. The van der Waals surface area contributed by atoms with Gasteiger partial charge in [-0.2, -0.15) is 18.3 Å². The lowest BCUT2D eigenvalue weighted by molar-refractivity contribution is -0.137. The lowest BCUT2D eigenvalue weighted by Crippen LogP contribution is -2.59. The van der Waals surface area contributed by atoms with Crippen LogP contribution in [0.5, 0.6) is 0 Å². The molecule has 7 nitrogen and oxygen atoms in total. The number of anilines is 1. The molecule has 1 spiro atoms. The quantitative estimate of drug-likeness (QED) is 0.680. The zero-order chi connectivity index (χ0) is 21.1. The second-order valence-electron chi connectivity index (χ2n) is 8.13. The SMILES string of the molecule is CCC(c1ncc[nH]1)N1CC2(CCn3nc(-c4cnc(N)c(C(F)(F)F)c4)cc32)C1. The molecule has 0 aromatic carbocycles. The number of nitrogens with two attached hydrogens (primary N) is 1. The Morgan fingerprint density at radius 2 is 2.07 bits per heavy atom. The van der Waals surface area contributed by atoms with Crippen molar-refractivity contribution < 1.29 is 13.2 Å². The van der Waals surface area contributed by atoms with Crippen LogP contribution in [0.1, 0.15) is 42.9 Å². The molecule has 0 aliphatic carbocycles. The van der Waals surface area contributed by atoms with Crippen LogP contribution in [0.4, 0.5) is 19.0 Å². The summed E-state index contributed by atoms with van der Waals surface area (Å²) in [6, 6.07) is 3.17. The topological polar surface area (TPSA) is 88.7 Å². The van der Waals surface area contributed by atoms with E-state index in [2.05, 4.69) is 31.9 Å². The third-order valence-corrected chi connectivity index (χ3v) is 6.32. The molecular formula is C20H22F3N7. The number of H-pyrrole nitrogens is 1. The number of rotatable bonds is 4. The number of aryl methyl sites for hydroxylation is 1. The number of nitrogens with one attached hydrogen (secondary N) is 1. The van der Waals surface area contributed by atoms with Crippen LogP contribution in [0.25, 0.3) is 11.3 Å². The lowest BCUT2D eigenvalue weighted by atomic mass is 9.74. The Morgan fingerprint density at radius 3 is 2.73 bits per heavy atom. The second-order valence-corrected chi connectivity index (χ2v) is 8.13. The molecule has 1 fully saturated rings. The summed E-state index contributed by atoms with van der Waals surface area (Å²) >= 11 is 0. The number of hydrogen-bond donors (Lipinski definition) is 2. The second kappa shape index (κ2) is 6.56. The molecule has 1 atom stereocenters. The van der Waals surface area contributed by atoms with Crippen LogP contribution < -0.4 is 5.73 Å². The lowest BCUT2D eigenvalue weighted by Gasteiger charge is -2.50. The van der Waals surface area contributed by atoms with E-state index in [1.807, 2.05) is 16.9 Å². The van der Waals surface area contributed by atoms with Crippen molar-refractivity contribution in [3.05, 3.63) is 47.8 Å². The Labute approximate surface area is 171 Å². The van der Waals surface area contributed by atoms with E-state index in [9.17, 15) is 13.2 Å². The van der Waals surface area contributed by atoms with E-state index in [-0.39, 0.29) is 11.5 Å².